The van der Waals surface area contributed by atoms with Crippen LogP contribution in [0.15, 0.2) is 65.9 Å². The molecular weight excluding hydrogens is 315 g/mol. The average molecular weight is 327 g/mol. The Bertz CT molecular complexity index is 921. The lowest BCUT2D eigenvalue weighted by Crippen LogP contribution is -2.11. The smallest absolute Gasteiger partial charge is 0.315 e. The fourth-order valence-electron chi connectivity index (χ4n) is 2.85. The van der Waals surface area contributed by atoms with Gasteiger partial charge in [-0.15, -0.1) is 0 Å². The summed E-state index contributed by atoms with van der Waals surface area (Å²) in [6, 6.07) is 14.1. The molecule has 3 aromatic rings. The van der Waals surface area contributed by atoms with Crippen molar-refractivity contribution in [2.45, 2.75) is 12.7 Å². The summed E-state index contributed by atoms with van der Waals surface area (Å²) in [5, 5.41) is 0. The van der Waals surface area contributed by atoms with Gasteiger partial charge in [0.15, 0.2) is 0 Å². The van der Waals surface area contributed by atoms with E-state index in [2.05, 4.69) is 9.98 Å². The van der Waals surface area contributed by atoms with Crippen molar-refractivity contribution < 1.29 is 13.2 Å². The minimum atomic E-state index is -4.44. The van der Waals surface area contributed by atoms with Crippen molar-refractivity contribution in [3.8, 4) is 5.69 Å². The van der Waals surface area contributed by atoms with E-state index >= 15 is 0 Å². The first-order valence-corrected chi connectivity index (χ1v) is 7.38. The minimum Gasteiger partial charge on any atom is -0.315 e. The molecule has 3 heterocycles. The second-order valence-corrected chi connectivity index (χ2v) is 5.49. The number of rotatable bonds is 1. The molecule has 0 unspecified atom stereocenters. The van der Waals surface area contributed by atoms with Gasteiger partial charge in [0, 0.05) is 18.0 Å². The van der Waals surface area contributed by atoms with Gasteiger partial charge in [-0.3, -0.25) is 9.98 Å². The number of nitrogens with zero attached hydrogens (tertiary/aromatic N) is 3. The summed E-state index contributed by atoms with van der Waals surface area (Å²) in [6.45, 7) is 0.466. The van der Waals surface area contributed by atoms with Crippen molar-refractivity contribution in [3.05, 3.63) is 83.4 Å². The maximum absolute atomic E-state index is 12.7. The number of hydrogen-bond donors (Lipinski definition) is 0. The van der Waals surface area contributed by atoms with Crippen molar-refractivity contribution >= 4 is 5.71 Å². The van der Waals surface area contributed by atoms with Crippen LogP contribution in [0.25, 0.3) is 5.69 Å². The van der Waals surface area contributed by atoms with Gasteiger partial charge in [-0.25, -0.2) is 0 Å². The number of para-hydroxylation sites is 1. The SMILES string of the molecule is FC(F)(F)c1ccc(C2=NCc3ccccc3-n3cccc32)cn1. The number of pyridine rings is 1. The van der Waals surface area contributed by atoms with Crippen LogP contribution in [0.3, 0.4) is 0 Å². The highest BCUT2D eigenvalue weighted by Gasteiger charge is 2.32. The summed E-state index contributed by atoms with van der Waals surface area (Å²) in [7, 11) is 0. The highest BCUT2D eigenvalue weighted by atomic mass is 19.4. The first-order valence-electron chi connectivity index (χ1n) is 7.38. The zero-order chi connectivity index (χ0) is 16.7. The van der Waals surface area contributed by atoms with E-state index in [0.29, 0.717) is 17.8 Å². The molecule has 0 amide bonds. The molecule has 24 heavy (non-hydrogen) atoms. The second-order valence-electron chi connectivity index (χ2n) is 5.49. The van der Waals surface area contributed by atoms with Gasteiger partial charge in [0.25, 0.3) is 0 Å². The predicted octanol–water partition coefficient (Wildman–Crippen LogP) is 4.24. The number of hydrogen-bond acceptors (Lipinski definition) is 2. The van der Waals surface area contributed by atoms with E-state index in [1.165, 1.54) is 12.3 Å². The monoisotopic (exact) mass is 327 g/mol. The number of halogens is 3. The van der Waals surface area contributed by atoms with E-state index < -0.39 is 11.9 Å². The Labute approximate surface area is 136 Å². The third-order valence-corrected chi connectivity index (χ3v) is 3.98. The van der Waals surface area contributed by atoms with Crippen LogP contribution in [0.1, 0.15) is 22.5 Å². The normalized spacial score (nSPS) is 13.7. The minimum absolute atomic E-state index is 0.466. The zero-order valence-corrected chi connectivity index (χ0v) is 12.5. The van der Waals surface area contributed by atoms with Crippen molar-refractivity contribution in [2.75, 3.05) is 0 Å². The molecule has 1 aliphatic heterocycles. The average Bonchev–Trinajstić information content (AvgIpc) is 2.99. The fourth-order valence-corrected chi connectivity index (χ4v) is 2.85. The standard InChI is InChI=1S/C18H12F3N3/c19-18(20,21)16-8-7-13(11-22-16)17-15-6-3-9-24(15)14-5-2-1-4-12(14)10-23-17/h1-9,11H,10H2. The van der Waals surface area contributed by atoms with Crippen LogP contribution in [0.5, 0.6) is 0 Å². The maximum atomic E-state index is 12.7. The molecule has 6 heteroatoms. The summed E-state index contributed by atoms with van der Waals surface area (Å²) in [4.78, 5) is 8.16. The summed E-state index contributed by atoms with van der Waals surface area (Å²) in [6.07, 6.45) is -1.29. The van der Waals surface area contributed by atoms with Crippen molar-refractivity contribution in [1.29, 1.82) is 0 Å². The Morgan fingerprint density at radius 1 is 0.958 bits per heavy atom. The molecule has 0 aliphatic carbocycles. The van der Waals surface area contributed by atoms with Crippen molar-refractivity contribution in [2.24, 2.45) is 4.99 Å². The predicted molar refractivity (Wildman–Crippen MR) is 84.4 cm³/mol. The van der Waals surface area contributed by atoms with Crippen LogP contribution in [0.2, 0.25) is 0 Å². The Hall–Kier alpha value is -2.89. The molecule has 0 saturated heterocycles. The molecule has 0 bridgehead atoms. The Balaban J connectivity index is 1.82. The van der Waals surface area contributed by atoms with Crippen molar-refractivity contribution in [3.63, 3.8) is 0 Å². The van der Waals surface area contributed by atoms with Crippen molar-refractivity contribution in [1.82, 2.24) is 9.55 Å². The van der Waals surface area contributed by atoms with Gasteiger partial charge in [-0.05, 0) is 35.9 Å². The number of fused-ring (bicyclic) bond motifs is 3. The van der Waals surface area contributed by atoms with Gasteiger partial charge < -0.3 is 4.57 Å². The highest BCUT2D eigenvalue weighted by Crippen LogP contribution is 2.28. The van der Waals surface area contributed by atoms with Crippen LogP contribution >= 0.6 is 0 Å². The fraction of sp³-hybridized carbons (Fsp3) is 0.111. The van der Waals surface area contributed by atoms with Crippen LogP contribution in [-0.4, -0.2) is 15.3 Å². The third kappa shape index (κ3) is 2.40. The number of benzene rings is 1. The molecule has 1 aliphatic rings. The first-order chi connectivity index (χ1) is 11.5. The topological polar surface area (TPSA) is 30.2 Å². The summed E-state index contributed by atoms with van der Waals surface area (Å²) >= 11 is 0. The van der Waals surface area contributed by atoms with Gasteiger partial charge in [0.1, 0.15) is 5.69 Å². The van der Waals surface area contributed by atoms with E-state index in [-0.39, 0.29) is 0 Å². The molecule has 4 rings (SSSR count). The number of aliphatic imine (C=N–C) groups is 1. The molecule has 120 valence electrons. The van der Waals surface area contributed by atoms with Gasteiger partial charge in [-0.1, -0.05) is 18.2 Å². The largest absolute Gasteiger partial charge is 0.433 e. The Morgan fingerprint density at radius 3 is 2.54 bits per heavy atom. The zero-order valence-electron chi connectivity index (χ0n) is 12.5. The first kappa shape index (κ1) is 14.7. The van der Waals surface area contributed by atoms with E-state index in [9.17, 15) is 13.2 Å². The quantitative estimate of drug-likeness (QED) is 0.657. The van der Waals surface area contributed by atoms with Crippen LogP contribution in [-0.2, 0) is 12.7 Å². The highest BCUT2D eigenvalue weighted by molar-refractivity contribution is 6.12. The number of aromatic nitrogens is 2. The second kappa shape index (κ2) is 5.33. The molecule has 0 spiro atoms. The van der Waals surface area contributed by atoms with Gasteiger partial charge >= 0.3 is 6.18 Å². The molecule has 3 nitrogen and oxygen atoms in total. The molecular formula is C18H12F3N3. The van der Waals surface area contributed by atoms with E-state index in [1.807, 2.05) is 47.2 Å². The van der Waals surface area contributed by atoms with Crippen LogP contribution in [0, 0.1) is 0 Å². The third-order valence-electron chi connectivity index (χ3n) is 3.98. The van der Waals surface area contributed by atoms with Gasteiger partial charge in [0.2, 0.25) is 0 Å². The lowest BCUT2D eigenvalue weighted by molar-refractivity contribution is -0.141. The molecule has 0 N–H and O–H groups in total. The van der Waals surface area contributed by atoms with Gasteiger partial charge in [-0.2, -0.15) is 13.2 Å². The van der Waals surface area contributed by atoms with Crippen LogP contribution in [0.4, 0.5) is 13.2 Å². The molecule has 0 fully saturated rings. The summed E-state index contributed by atoms with van der Waals surface area (Å²) in [5.41, 5.74) is 3.22. The molecule has 2 aromatic heterocycles. The van der Waals surface area contributed by atoms with Crippen LogP contribution < -0.4 is 0 Å². The molecule has 0 saturated carbocycles. The maximum Gasteiger partial charge on any atom is 0.433 e. The number of alkyl halides is 3. The lowest BCUT2D eigenvalue weighted by Gasteiger charge is -2.11. The Morgan fingerprint density at radius 2 is 1.79 bits per heavy atom. The lowest BCUT2D eigenvalue weighted by atomic mass is 10.1. The van der Waals surface area contributed by atoms with E-state index in [4.69, 9.17) is 0 Å². The molecule has 0 atom stereocenters. The summed E-state index contributed by atoms with van der Waals surface area (Å²) in [5.74, 6) is 0. The van der Waals surface area contributed by atoms with E-state index in [1.54, 1.807) is 0 Å². The Kier molecular flexibility index (Phi) is 3.26. The molecule has 0 radical (unpaired) electrons. The van der Waals surface area contributed by atoms with E-state index in [0.717, 1.165) is 23.0 Å². The summed E-state index contributed by atoms with van der Waals surface area (Å²) < 4.78 is 40.1. The molecule has 1 aromatic carbocycles. The van der Waals surface area contributed by atoms with Gasteiger partial charge in [0.05, 0.1) is 23.6 Å².